The molecule has 1 rings (SSSR count). The van der Waals surface area contributed by atoms with Crippen LogP contribution in [0.4, 0.5) is 0 Å². The van der Waals surface area contributed by atoms with Gasteiger partial charge < -0.3 is 10.5 Å². The summed E-state index contributed by atoms with van der Waals surface area (Å²) in [5, 5.41) is 0. The minimum atomic E-state index is -0.388. The molecule has 2 N–H and O–H groups in total. The second-order valence-electron chi connectivity index (χ2n) is 4.11. The van der Waals surface area contributed by atoms with E-state index in [1.807, 2.05) is 13.8 Å². The topological polar surface area (TPSA) is 35.2 Å². The van der Waals surface area contributed by atoms with Gasteiger partial charge in [-0.2, -0.15) is 0 Å². The lowest BCUT2D eigenvalue weighted by atomic mass is 9.92. The van der Waals surface area contributed by atoms with E-state index >= 15 is 0 Å². The maximum Gasteiger partial charge on any atom is 0.0685 e. The van der Waals surface area contributed by atoms with Crippen molar-refractivity contribution in [1.82, 2.24) is 0 Å². The van der Waals surface area contributed by atoms with Crippen LogP contribution < -0.4 is 5.73 Å². The molecular formula is C13H21NO. The van der Waals surface area contributed by atoms with Crippen molar-refractivity contribution in [2.45, 2.75) is 32.7 Å². The quantitative estimate of drug-likeness (QED) is 0.805. The van der Waals surface area contributed by atoms with Crippen molar-refractivity contribution in [1.29, 1.82) is 0 Å². The standard InChI is InChI=1S/C13H21NO/c1-4-11-7-6-8-12(9-11)13(3,14)10-15-5-2/h6-9H,4-5,10,14H2,1-3H3. The van der Waals surface area contributed by atoms with Gasteiger partial charge in [-0.25, -0.2) is 0 Å². The first-order valence-electron chi connectivity index (χ1n) is 5.56. The first-order valence-corrected chi connectivity index (χ1v) is 5.56. The Hall–Kier alpha value is -0.860. The Kier molecular flexibility index (Phi) is 4.30. The van der Waals surface area contributed by atoms with Crippen LogP contribution in [0.3, 0.4) is 0 Å². The van der Waals surface area contributed by atoms with Crippen molar-refractivity contribution in [3.63, 3.8) is 0 Å². The zero-order valence-corrected chi connectivity index (χ0v) is 9.92. The largest absolute Gasteiger partial charge is 0.379 e. The molecule has 0 spiro atoms. The fourth-order valence-corrected chi connectivity index (χ4v) is 1.54. The highest BCUT2D eigenvalue weighted by atomic mass is 16.5. The fraction of sp³-hybridized carbons (Fsp3) is 0.538. The van der Waals surface area contributed by atoms with Gasteiger partial charge in [0.05, 0.1) is 12.1 Å². The minimum Gasteiger partial charge on any atom is -0.379 e. The molecule has 1 atom stereocenters. The first kappa shape index (κ1) is 12.2. The Morgan fingerprint density at radius 3 is 2.67 bits per heavy atom. The van der Waals surface area contributed by atoms with E-state index in [0.717, 1.165) is 12.0 Å². The summed E-state index contributed by atoms with van der Waals surface area (Å²) in [7, 11) is 0. The van der Waals surface area contributed by atoms with Crippen LogP contribution in [0.2, 0.25) is 0 Å². The van der Waals surface area contributed by atoms with Crippen molar-refractivity contribution in [3.8, 4) is 0 Å². The molecule has 1 aromatic rings. The number of hydrogen-bond acceptors (Lipinski definition) is 2. The van der Waals surface area contributed by atoms with E-state index in [2.05, 4.69) is 31.2 Å². The highest BCUT2D eigenvalue weighted by molar-refractivity contribution is 5.28. The van der Waals surface area contributed by atoms with Gasteiger partial charge in [0.15, 0.2) is 0 Å². The van der Waals surface area contributed by atoms with Gasteiger partial charge in [-0.3, -0.25) is 0 Å². The molecule has 0 aliphatic carbocycles. The highest BCUT2D eigenvalue weighted by Gasteiger charge is 2.21. The number of rotatable bonds is 5. The van der Waals surface area contributed by atoms with Gasteiger partial charge in [0.1, 0.15) is 0 Å². The zero-order chi connectivity index (χ0) is 11.3. The number of aryl methyl sites for hydroxylation is 1. The van der Waals surface area contributed by atoms with E-state index < -0.39 is 0 Å². The van der Waals surface area contributed by atoms with Gasteiger partial charge in [-0.15, -0.1) is 0 Å². The van der Waals surface area contributed by atoms with E-state index in [1.54, 1.807) is 0 Å². The molecule has 0 aliphatic heterocycles. The summed E-state index contributed by atoms with van der Waals surface area (Å²) < 4.78 is 5.40. The molecule has 0 aliphatic rings. The molecule has 1 unspecified atom stereocenters. The van der Waals surface area contributed by atoms with Crippen LogP contribution in [0.1, 0.15) is 31.9 Å². The van der Waals surface area contributed by atoms with Crippen molar-refractivity contribution in [2.75, 3.05) is 13.2 Å². The van der Waals surface area contributed by atoms with Crippen LogP contribution >= 0.6 is 0 Å². The average molecular weight is 207 g/mol. The van der Waals surface area contributed by atoms with Crippen molar-refractivity contribution in [3.05, 3.63) is 35.4 Å². The highest BCUT2D eigenvalue weighted by Crippen LogP contribution is 2.19. The van der Waals surface area contributed by atoms with Crippen molar-refractivity contribution < 1.29 is 4.74 Å². The van der Waals surface area contributed by atoms with E-state index in [1.165, 1.54) is 5.56 Å². The van der Waals surface area contributed by atoms with Crippen LogP contribution in [0.25, 0.3) is 0 Å². The number of ether oxygens (including phenoxy) is 1. The molecular weight excluding hydrogens is 186 g/mol. The van der Waals surface area contributed by atoms with E-state index in [0.29, 0.717) is 13.2 Å². The predicted octanol–water partition coefficient (Wildman–Crippen LogP) is 2.46. The number of hydrogen-bond donors (Lipinski definition) is 1. The normalized spacial score (nSPS) is 14.9. The Morgan fingerprint density at radius 2 is 2.07 bits per heavy atom. The summed E-state index contributed by atoms with van der Waals surface area (Å²) in [6, 6.07) is 8.42. The second-order valence-corrected chi connectivity index (χ2v) is 4.11. The predicted molar refractivity (Wildman–Crippen MR) is 63.9 cm³/mol. The lowest BCUT2D eigenvalue weighted by molar-refractivity contribution is 0.101. The Balaban J connectivity index is 2.83. The zero-order valence-electron chi connectivity index (χ0n) is 9.92. The van der Waals surface area contributed by atoms with Crippen LogP contribution in [0, 0.1) is 0 Å². The van der Waals surface area contributed by atoms with Gasteiger partial charge in [0.2, 0.25) is 0 Å². The average Bonchev–Trinajstić information content (AvgIpc) is 2.26. The van der Waals surface area contributed by atoms with Gasteiger partial charge in [-0.1, -0.05) is 31.2 Å². The molecule has 2 heteroatoms. The van der Waals surface area contributed by atoms with Crippen LogP contribution in [0.15, 0.2) is 24.3 Å². The third kappa shape index (κ3) is 3.33. The molecule has 0 aromatic heterocycles. The summed E-state index contributed by atoms with van der Waals surface area (Å²) in [6.45, 7) is 7.42. The molecule has 0 radical (unpaired) electrons. The van der Waals surface area contributed by atoms with E-state index in [4.69, 9.17) is 10.5 Å². The third-order valence-electron chi connectivity index (χ3n) is 2.60. The Labute approximate surface area is 92.4 Å². The maximum atomic E-state index is 6.22. The molecule has 0 heterocycles. The summed E-state index contributed by atoms with van der Waals surface area (Å²) in [5.74, 6) is 0. The monoisotopic (exact) mass is 207 g/mol. The first-order chi connectivity index (χ1) is 7.10. The summed E-state index contributed by atoms with van der Waals surface area (Å²) >= 11 is 0. The third-order valence-corrected chi connectivity index (χ3v) is 2.60. The molecule has 15 heavy (non-hydrogen) atoms. The van der Waals surface area contributed by atoms with Crippen LogP contribution in [-0.2, 0) is 16.7 Å². The molecule has 0 bridgehead atoms. The fourth-order valence-electron chi connectivity index (χ4n) is 1.54. The smallest absolute Gasteiger partial charge is 0.0685 e. The Bertz CT molecular complexity index is 307. The molecule has 0 amide bonds. The van der Waals surface area contributed by atoms with Gasteiger partial charge >= 0.3 is 0 Å². The molecule has 1 aromatic carbocycles. The molecule has 2 nitrogen and oxygen atoms in total. The van der Waals surface area contributed by atoms with E-state index in [-0.39, 0.29) is 5.54 Å². The maximum absolute atomic E-state index is 6.22. The SMILES string of the molecule is CCOCC(C)(N)c1cccc(CC)c1. The summed E-state index contributed by atoms with van der Waals surface area (Å²) in [6.07, 6.45) is 1.04. The van der Waals surface area contributed by atoms with Crippen molar-refractivity contribution >= 4 is 0 Å². The molecule has 84 valence electrons. The number of nitrogens with two attached hydrogens (primary N) is 1. The minimum absolute atomic E-state index is 0.388. The van der Waals surface area contributed by atoms with Gasteiger partial charge in [0.25, 0.3) is 0 Å². The Morgan fingerprint density at radius 1 is 1.33 bits per heavy atom. The summed E-state index contributed by atoms with van der Waals surface area (Å²) in [5.41, 5.74) is 8.30. The van der Waals surface area contributed by atoms with Gasteiger partial charge in [-0.05, 0) is 31.4 Å². The van der Waals surface area contributed by atoms with Crippen LogP contribution in [0.5, 0.6) is 0 Å². The van der Waals surface area contributed by atoms with Crippen LogP contribution in [-0.4, -0.2) is 13.2 Å². The van der Waals surface area contributed by atoms with Gasteiger partial charge in [0, 0.05) is 6.61 Å². The summed E-state index contributed by atoms with van der Waals surface area (Å²) in [4.78, 5) is 0. The number of benzene rings is 1. The van der Waals surface area contributed by atoms with E-state index in [9.17, 15) is 0 Å². The lowest BCUT2D eigenvalue weighted by Crippen LogP contribution is -2.38. The van der Waals surface area contributed by atoms with Crippen molar-refractivity contribution in [2.24, 2.45) is 5.73 Å². The lowest BCUT2D eigenvalue weighted by Gasteiger charge is -2.25. The molecule has 0 saturated heterocycles. The second kappa shape index (κ2) is 5.29. The molecule has 0 saturated carbocycles. The molecule has 0 fully saturated rings.